The Bertz CT molecular complexity index is 461. The SMILES string of the molecule is CC.[CH2-]c1ccc2c(c1)CN([CH-]CCC[N-]C)C(=O)CC2.[Rb+].[W].[Y]. The first-order valence-corrected chi connectivity index (χ1v) is 7.83. The zero-order chi connectivity index (χ0) is 15.7. The molecule has 1 aliphatic heterocycles. The zero-order valence-corrected chi connectivity index (χ0v) is 26.2. The molecule has 0 N–H and O–H groups in total. The Morgan fingerprint density at radius 2 is 1.92 bits per heavy atom. The van der Waals surface area contributed by atoms with Gasteiger partial charge in [-0.15, -0.1) is 6.07 Å². The molecule has 1 aromatic carbocycles. The van der Waals surface area contributed by atoms with Gasteiger partial charge < -0.3 is 10.2 Å². The van der Waals surface area contributed by atoms with Crippen molar-refractivity contribution in [2.24, 2.45) is 0 Å². The van der Waals surface area contributed by atoms with Crippen LogP contribution >= 0.6 is 0 Å². The van der Waals surface area contributed by atoms with Gasteiger partial charge >= 0.3 is 58.2 Å². The van der Waals surface area contributed by atoms with Gasteiger partial charge in [0.05, 0.1) is 0 Å². The summed E-state index contributed by atoms with van der Waals surface area (Å²) in [5.41, 5.74) is 3.52. The number of carbonyl (C=O) groups excluding carboxylic acids is 1. The fraction of sp³-hybridized carbons (Fsp3) is 0.500. The van der Waals surface area contributed by atoms with Gasteiger partial charge in [0.2, 0.25) is 0 Å². The van der Waals surface area contributed by atoms with Gasteiger partial charge in [-0.05, 0) is 6.42 Å². The number of benzene rings is 1. The second-order valence-corrected chi connectivity index (χ2v) is 4.99. The maximum absolute atomic E-state index is 12.1. The monoisotopic (exact) mass is 645 g/mol. The number of hydrogen-bond donors (Lipinski definition) is 0. The van der Waals surface area contributed by atoms with E-state index in [-0.39, 0.29) is 118 Å². The molecular formula is C18H27N2ORbWY-2. The molecule has 0 fully saturated rings. The molecule has 127 valence electrons. The minimum absolute atomic E-state index is 0. The van der Waals surface area contributed by atoms with E-state index >= 15 is 0 Å². The summed E-state index contributed by atoms with van der Waals surface area (Å²) in [5, 5.41) is 4.07. The number of carbonyl (C=O) groups is 1. The Hall–Kier alpha value is 2.12. The number of unbranched alkanes of at least 4 members (excludes halogenated alkanes) is 1. The average Bonchev–Trinajstić information content (AvgIpc) is 2.65. The zero-order valence-electron chi connectivity index (χ0n) is 15.5. The van der Waals surface area contributed by atoms with Crippen molar-refractivity contribution in [3.63, 3.8) is 0 Å². The summed E-state index contributed by atoms with van der Waals surface area (Å²) < 4.78 is 0. The van der Waals surface area contributed by atoms with E-state index in [1.54, 1.807) is 0 Å². The molecule has 3 nitrogen and oxygen atoms in total. The van der Waals surface area contributed by atoms with E-state index in [0.717, 1.165) is 31.4 Å². The summed E-state index contributed by atoms with van der Waals surface area (Å²) >= 11 is 0. The summed E-state index contributed by atoms with van der Waals surface area (Å²) in [5.74, 6) is 0.218. The first kappa shape index (κ1) is 30.8. The average molecular weight is 646 g/mol. The van der Waals surface area contributed by atoms with Gasteiger partial charge in [0.25, 0.3) is 0 Å². The van der Waals surface area contributed by atoms with Gasteiger partial charge in [0.1, 0.15) is 0 Å². The molecule has 0 saturated heterocycles. The van der Waals surface area contributed by atoms with Crippen LogP contribution in [0, 0.1) is 13.5 Å². The Morgan fingerprint density at radius 1 is 1.25 bits per heavy atom. The first-order chi connectivity index (χ1) is 10.2. The maximum Gasteiger partial charge on any atom is 1.00 e. The molecule has 1 radical (unpaired) electrons. The molecule has 24 heavy (non-hydrogen) atoms. The second-order valence-electron chi connectivity index (χ2n) is 4.99. The van der Waals surface area contributed by atoms with E-state index in [1.165, 1.54) is 11.1 Å². The van der Waals surface area contributed by atoms with Gasteiger partial charge in [0, 0.05) is 66.7 Å². The minimum atomic E-state index is 0. The van der Waals surface area contributed by atoms with Crippen molar-refractivity contribution >= 4 is 5.91 Å². The number of aryl methyl sites for hydroxylation is 1. The fourth-order valence-corrected chi connectivity index (χ4v) is 2.39. The topological polar surface area (TPSA) is 34.4 Å². The maximum atomic E-state index is 12.1. The molecule has 1 aliphatic rings. The van der Waals surface area contributed by atoms with Crippen molar-refractivity contribution in [2.75, 3.05) is 13.6 Å². The summed E-state index contributed by atoms with van der Waals surface area (Å²) in [6.07, 6.45) is 3.34. The third-order valence-corrected chi connectivity index (χ3v) is 3.48. The van der Waals surface area contributed by atoms with E-state index in [0.29, 0.717) is 13.0 Å². The van der Waals surface area contributed by atoms with Crippen LogP contribution in [0.5, 0.6) is 0 Å². The van der Waals surface area contributed by atoms with Gasteiger partial charge in [-0.3, -0.25) is 4.79 Å². The largest absolute Gasteiger partial charge is 1.00 e. The normalized spacial score (nSPS) is 12.3. The fourth-order valence-electron chi connectivity index (χ4n) is 2.39. The second kappa shape index (κ2) is 18.5. The van der Waals surface area contributed by atoms with Crippen LogP contribution in [0.25, 0.3) is 5.32 Å². The molecule has 1 heterocycles. The van der Waals surface area contributed by atoms with E-state index < -0.39 is 0 Å². The summed E-state index contributed by atoms with van der Waals surface area (Å²) in [6, 6.07) is 6.21. The van der Waals surface area contributed by atoms with E-state index in [1.807, 2.05) is 38.4 Å². The molecular weight excluding hydrogens is 618 g/mol. The first-order valence-electron chi connectivity index (χ1n) is 7.83. The quantitative estimate of drug-likeness (QED) is 0.350. The van der Waals surface area contributed by atoms with Crippen LogP contribution in [0.3, 0.4) is 0 Å². The predicted octanol–water partition coefficient (Wildman–Crippen LogP) is 1.11. The number of amides is 1. The molecule has 0 atom stereocenters. The van der Waals surface area contributed by atoms with Gasteiger partial charge in [-0.2, -0.15) is 44.6 Å². The number of hydrogen-bond acceptors (Lipinski definition) is 1. The Morgan fingerprint density at radius 3 is 2.54 bits per heavy atom. The van der Waals surface area contributed by atoms with Gasteiger partial charge in [-0.25, -0.2) is 6.54 Å². The predicted molar refractivity (Wildman–Crippen MR) is 88.8 cm³/mol. The summed E-state index contributed by atoms with van der Waals surface area (Å²) in [7, 11) is 1.82. The number of nitrogens with zero attached hydrogens (tertiary/aromatic N) is 2. The van der Waals surface area contributed by atoms with Crippen LogP contribution in [-0.4, -0.2) is 24.4 Å². The molecule has 6 heteroatoms. The van der Waals surface area contributed by atoms with Crippen LogP contribution in [0.15, 0.2) is 18.2 Å². The molecule has 0 unspecified atom stereocenters. The van der Waals surface area contributed by atoms with Crippen LogP contribution in [-0.2, 0) is 71.5 Å². The van der Waals surface area contributed by atoms with Crippen molar-refractivity contribution in [1.29, 1.82) is 0 Å². The molecule has 0 bridgehead atoms. The summed E-state index contributed by atoms with van der Waals surface area (Å²) in [6.45, 7) is 11.5. The van der Waals surface area contributed by atoms with Gasteiger partial charge in [-0.1, -0.05) is 31.4 Å². The molecule has 1 amide bonds. The molecule has 0 spiro atoms. The van der Waals surface area contributed by atoms with Crippen LogP contribution in [0.2, 0.25) is 0 Å². The van der Waals surface area contributed by atoms with E-state index in [2.05, 4.69) is 24.4 Å². The van der Waals surface area contributed by atoms with E-state index in [4.69, 9.17) is 0 Å². The van der Waals surface area contributed by atoms with Crippen LogP contribution < -0.4 is 58.2 Å². The Labute approximate surface area is 236 Å². The third kappa shape index (κ3) is 11.1. The Kier molecular flexibility index (Phi) is 23.7. The van der Waals surface area contributed by atoms with Crippen LogP contribution in [0.4, 0.5) is 0 Å². The minimum Gasteiger partial charge on any atom is -0.665 e. The number of fused-ring (bicyclic) bond motifs is 1. The standard InChI is InChI=1S/C16H21N2O.C2H6.Rb.W.Y/c1-13-5-6-14-7-8-16(19)18(12-15(14)11-13)10-4-3-9-17-2;1-2;;;/h5-6,10-11H,1,3-4,7-9,12H2,2H3;1-2H3;;;/q-3;;+1;;. The van der Waals surface area contributed by atoms with Crippen molar-refractivity contribution in [3.8, 4) is 0 Å². The molecule has 0 saturated carbocycles. The van der Waals surface area contributed by atoms with Gasteiger partial charge in [0.15, 0.2) is 5.91 Å². The van der Waals surface area contributed by atoms with Crippen LogP contribution in [0.1, 0.15) is 49.8 Å². The Balaban J connectivity index is -0.000000850. The van der Waals surface area contributed by atoms with Crippen molar-refractivity contribution < 1.29 is 117 Å². The van der Waals surface area contributed by atoms with Crippen molar-refractivity contribution in [2.45, 2.75) is 46.1 Å². The molecule has 0 aromatic heterocycles. The van der Waals surface area contributed by atoms with Crippen molar-refractivity contribution in [1.82, 2.24) is 4.90 Å². The molecule has 1 aromatic rings. The number of rotatable bonds is 5. The van der Waals surface area contributed by atoms with Crippen molar-refractivity contribution in [3.05, 3.63) is 53.7 Å². The van der Waals surface area contributed by atoms with E-state index in [9.17, 15) is 4.79 Å². The smallest absolute Gasteiger partial charge is 0.665 e. The molecule has 2 rings (SSSR count). The summed E-state index contributed by atoms with van der Waals surface area (Å²) in [4.78, 5) is 13.9. The molecule has 0 aliphatic carbocycles. The third-order valence-electron chi connectivity index (χ3n) is 3.48.